The molecule has 1 atom stereocenters. The summed E-state index contributed by atoms with van der Waals surface area (Å²) in [5.41, 5.74) is 2.59. The maximum Gasteiger partial charge on any atom is 0.326 e. The van der Waals surface area contributed by atoms with Crippen molar-refractivity contribution in [3.63, 3.8) is 0 Å². The van der Waals surface area contributed by atoms with Crippen molar-refractivity contribution in [1.29, 1.82) is 0 Å². The van der Waals surface area contributed by atoms with Crippen LogP contribution in [-0.4, -0.2) is 27.9 Å². The Morgan fingerprint density at radius 1 is 0.931 bits per heavy atom. The molecular weight excluding hydrogens is 372 g/mol. The highest BCUT2D eigenvalue weighted by molar-refractivity contribution is 5.97. The molecule has 3 aromatic rings. The maximum atomic E-state index is 12.4. The SMILES string of the molecule is O=C(N[C@@H](Cc1ccc(-c2ccccc2)cc1)C(=O)O)c1cccc([N+](=O)[O-])c1. The molecular formula is C22H18N2O5. The molecule has 0 aliphatic carbocycles. The summed E-state index contributed by atoms with van der Waals surface area (Å²) in [7, 11) is 0. The lowest BCUT2D eigenvalue weighted by molar-refractivity contribution is -0.384. The summed E-state index contributed by atoms with van der Waals surface area (Å²) in [5, 5.41) is 22.8. The molecule has 7 nitrogen and oxygen atoms in total. The number of nitrogens with one attached hydrogen (secondary N) is 1. The van der Waals surface area contributed by atoms with E-state index in [-0.39, 0.29) is 17.7 Å². The number of hydrogen-bond donors (Lipinski definition) is 2. The van der Waals surface area contributed by atoms with Crippen LogP contribution in [0.15, 0.2) is 78.9 Å². The van der Waals surface area contributed by atoms with E-state index in [0.717, 1.165) is 22.8 Å². The minimum Gasteiger partial charge on any atom is -0.480 e. The lowest BCUT2D eigenvalue weighted by Gasteiger charge is -2.15. The Hall–Kier alpha value is -4.00. The number of carboxylic acid groups (broad SMARTS) is 1. The van der Waals surface area contributed by atoms with E-state index in [1.165, 1.54) is 18.2 Å². The van der Waals surface area contributed by atoms with Gasteiger partial charge in [0.15, 0.2) is 0 Å². The molecule has 146 valence electrons. The van der Waals surface area contributed by atoms with Gasteiger partial charge in [-0.05, 0) is 22.8 Å². The zero-order chi connectivity index (χ0) is 20.8. The fraction of sp³-hybridized carbons (Fsp3) is 0.0909. The molecule has 29 heavy (non-hydrogen) atoms. The molecule has 3 aromatic carbocycles. The number of benzene rings is 3. The van der Waals surface area contributed by atoms with E-state index < -0.39 is 22.8 Å². The second kappa shape index (κ2) is 8.79. The molecule has 2 N–H and O–H groups in total. The van der Waals surface area contributed by atoms with Crippen LogP contribution < -0.4 is 5.32 Å². The zero-order valence-electron chi connectivity index (χ0n) is 15.3. The zero-order valence-corrected chi connectivity index (χ0v) is 15.3. The van der Waals surface area contributed by atoms with E-state index in [4.69, 9.17) is 0 Å². The summed E-state index contributed by atoms with van der Waals surface area (Å²) in [5.74, 6) is -1.86. The fourth-order valence-corrected chi connectivity index (χ4v) is 2.90. The minimum atomic E-state index is -1.18. The highest BCUT2D eigenvalue weighted by atomic mass is 16.6. The summed E-state index contributed by atoms with van der Waals surface area (Å²) < 4.78 is 0. The lowest BCUT2D eigenvalue weighted by Crippen LogP contribution is -2.42. The number of nitrogens with zero attached hydrogens (tertiary/aromatic N) is 1. The number of carboxylic acids is 1. The molecule has 0 saturated heterocycles. The first-order valence-electron chi connectivity index (χ1n) is 8.86. The van der Waals surface area contributed by atoms with Gasteiger partial charge in [0.25, 0.3) is 11.6 Å². The standard InChI is InChI=1S/C22H18N2O5/c25-21(18-7-4-8-19(14-18)24(28)29)23-20(22(26)27)13-15-9-11-17(12-10-15)16-5-2-1-3-6-16/h1-12,14,20H,13H2,(H,23,25)(H,26,27)/t20-/m0/s1. The number of rotatable bonds is 7. The van der Waals surface area contributed by atoms with Crippen LogP contribution in [0, 0.1) is 10.1 Å². The van der Waals surface area contributed by atoms with Crippen molar-refractivity contribution in [3.05, 3.63) is 100 Å². The van der Waals surface area contributed by atoms with Crippen LogP contribution in [0.2, 0.25) is 0 Å². The first-order valence-corrected chi connectivity index (χ1v) is 8.86. The van der Waals surface area contributed by atoms with Gasteiger partial charge in [0.2, 0.25) is 0 Å². The van der Waals surface area contributed by atoms with Crippen LogP contribution in [0.3, 0.4) is 0 Å². The van der Waals surface area contributed by atoms with E-state index in [1.807, 2.05) is 54.6 Å². The van der Waals surface area contributed by atoms with Gasteiger partial charge in [-0.1, -0.05) is 60.7 Å². The van der Waals surface area contributed by atoms with Crippen LogP contribution in [0.4, 0.5) is 5.69 Å². The monoisotopic (exact) mass is 390 g/mol. The summed E-state index contributed by atoms with van der Waals surface area (Å²) in [6.07, 6.45) is 0.0884. The van der Waals surface area contributed by atoms with Crippen LogP contribution in [0.25, 0.3) is 11.1 Å². The van der Waals surface area contributed by atoms with Crippen LogP contribution >= 0.6 is 0 Å². The smallest absolute Gasteiger partial charge is 0.326 e. The summed E-state index contributed by atoms with van der Waals surface area (Å²) in [6.45, 7) is 0. The second-order valence-corrected chi connectivity index (χ2v) is 6.44. The molecule has 0 unspecified atom stereocenters. The molecule has 0 aliphatic rings. The number of nitro benzene ring substituents is 1. The number of aliphatic carboxylic acids is 1. The van der Waals surface area contributed by atoms with Crippen molar-refractivity contribution < 1.29 is 19.6 Å². The Balaban J connectivity index is 1.72. The predicted molar refractivity (Wildman–Crippen MR) is 108 cm³/mol. The number of hydrogen-bond acceptors (Lipinski definition) is 4. The molecule has 7 heteroatoms. The average molecular weight is 390 g/mol. The van der Waals surface area contributed by atoms with E-state index in [1.54, 1.807) is 0 Å². The Morgan fingerprint density at radius 2 is 1.59 bits per heavy atom. The number of amides is 1. The Bertz CT molecular complexity index is 1030. The summed E-state index contributed by atoms with van der Waals surface area (Å²) in [4.78, 5) is 34.2. The quantitative estimate of drug-likeness (QED) is 0.472. The first kappa shape index (κ1) is 19.8. The fourth-order valence-electron chi connectivity index (χ4n) is 2.90. The van der Waals surface area contributed by atoms with Crippen molar-refractivity contribution in [2.24, 2.45) is 0 Å². The van der Waals surface area contributed by atoms with Crippen molar-refractivity contribution in [3.8, 4) is 11.1 Å². The number of carbonyl (C=O) groups is 2. The van der Waals surface area contributed by atoms with Gasteiger partial charge >= 0.3 is 5.97 Å². The molecule has 0 aromatic heterocycles. The van der Waals surface area contributed by atoms with Gasteiger partial charge in [-0.25, -0.2) is 4.79 Å². The van der Waals surface area contributed by atoms with Crippen molar-refractivity contribution in [2.75, 3.05) is 0 Å². The van der Waals surface area contributed by atoms with E-state index in [0.29, 0.717) is 0 Å². The number of carbonyl (C=O) groups excluding carboxylic acids is 1. The first-order chi connectivity index (χ1) is 13.9. The highest BCUT2D eigenvalue weighted by Gasteiger charge is 2.22. The van der Waals surface area contributed by atoms with Crippen LogP contribution in [0.1, 0.15) is 15.9 Å². The minimum absolute atomic E-state index is 0.0323. The largest absolute Gasteiger partial charge is 0.480 e. The lowest BCUT2D eigenvalue weighted by atomic mass is 10.0. The van der Waals surface area contributed by atoms with E-state index in [9.17, 15) is 24.8 Å². The number of non-ortho nitro benzene ring substituents is 1. The predicted octanol–water partition coefficient (Wildman–Crippen LogP) is 3.69. The highest BCUT2D eigenvalue weighted by Crippen LogP contribution is 2.20. The van der Waals surface area contributed by atoms with Crippen LogP contribution in [0.5, 0.6) is 0 Å². The van der Waals surface area contributed by atoms with Crippen molar-refractivity contribution in [1.82, 2.24) is 5.32 Å². The summed E-state index contributed by atoms with van der Waals surface area (Å²) >= 11 is 0. The van der Waals surface area contributed by atoms with Crippen molar-refractivity contribution in [2.45, 2.75) is 12.5 Å². The molecule has 0 spiro atoms. The second-order valence-electron chi connectivity index (χ2n) is 6.44. The van der Waals surface area contributed by atoms with E-state index in [2.05, 4.69) is 5.32 Å². The molecule has 0 saturated carbocycles. The molecule has 1 amide bonds. The Morgan fingerprint density at radius 3 is 2.21 bits per heavy atom. The van der Waals surface area contributed by atoms with Crippen LogP contribution in [-0.2, 0) is 11.2 Å². The van der Waals surface area contributed by atoms with Gasteiger partial charge in [0, 0.05) is 24.1 Å². The third-order valence-corrected chi connectivity index (χ3v) is 4.42. The molecule has 0 bridgehead atoms. The Kier molecular flexibility index (Phi) is 5.99. The van der Waals surface area contributed by atoms with Gasteiger partial charge in [-0.15, -0.1) is 0 Å². The summed E-state index contributed by atoms with van der Waals surface area (Å²) in [6, 6.07) is 21.2. The molecule has 3 rings (SSSR count). The average Bonchev–Trinajstić information content (AvgIpc) is 2.74. The molecule has 0 radical (unpaired) electrons. The van der Waals surface area contributed by atoms with Crippen molar-refractivity contribution >= 4 is 17.6 Å². The molecule has 0 fully saturated rings. The third-order valence-electron chi connectivity index (χ3n) is 4.42. The van der Waals surface area contributed by atoms with Gasteiger partial charge in [-0.2, -0.15) is 0 Å². The molecule has 0 heterocycles. The Labute approximate surface area is 166 Å². The maximum absolute atomic E-state index is 12.4. The third kappa shape index (κ3) is 5.04. The van der Waals surface area contributed by atoms with Gasteiger partial charge in [0.05, 0.1) is 4.92 Å². The topological polar surface area (TPSA) is 110 Å². The van der Waals surface area contributed by atoms with Gasteiger partial charge in [0.1, 0.15) is 6.04 Å². The van der Waals surface area contributed by atoms with E-state index >= 15 is 0 Å². The van der Waals surface area contributed by atoms with Gasteiger partial charge in [-0.3, -0.25) is 14.9 Å². The van der Waals surface area contributed by atoms with Gasteiger partial charge < -0.3 is 10.4 Å². The molecule has 0 aliphatic heterocycles. The number of nitro groups is 1. The normalized spacial score (nSPS) is 11.4.